The topological polar surface area (TPSA) is 72.7 Å². The Morgan fingerprint density at radius 3 is 2.56 bits per heavy atom. The fourth-order valence-electron chi connectivity index (χ4n) is 1.43. The number of halogens is 3. The SMILES string of the molecule is N#CC(=C(O)C(Cl)(Cl)Cl)c1nc2ccccc2[nH]1. The van der Waals surface area contributed by atoms with Crippen LogP contribution in [-0.4, -0.2) is 18.9 Å². The summed E-state index contributed by atoms with van der Waals surface area (Å²) in [5.41, 5.74) is 1.17. The van der Waals surface area contributed by atoms with Gasteiger partial charge in [-0.2, -0.15) is 5.26 Å². The standard InChI is InChI=1S/C11H6Cl3N3O/c12-11(13,14)9(18)6(5-15)10-16-7-3-1-2-4-8(7)17-10/h1-4,18H,(H,16,17). The number of para-hydroxylation sites is 2. The minimum atomic E-state index is -2.07. The lowest BCUT2D eigenvalue weighted by molar-refractivity contribution is 0.405. The van der Waals surface area contributed by atoms with Crippen LogP contribution in [0, 0.1) is 11.3 Å². The van der Waals surface area contributed by atoms with Crippen molar-refractivity contribution in [2.24, 2.45) is 0 Å². The van der Waals surface area contributed by atoms with Crippen molar-refractivity contribution >= 4 is 51.4 Å². The van der Waals surface area contributed by atoms with Crippen molar-refractivity contribution < 1.29 is 5.11 Å². The molecule has 2 N–H and O–H groups in total. The smallest absolute Gasteiger partial charge is 0.248 e. The Kier molecular flexibility index (Phi) is 3.40. The Morgan fingerprint density at radius 2 is 2.00 bits per heavy atom. The summed E-state index contributed by atoms with van der Waals surface area (Å²) in [4.78, 5) is 7.02. The van der Waals surface area contributed by atoms with Crippen molar-refractivity contribution in [2.75, 3.05) is 0 Å². The Balaban J connectivity index is 2.62. The van der Waals surface area contributed by atoms with E-state index in [9.17, 15) is 5.11 Å². The molecule has 4 nitrogen and oxygen atoms in total. The maximum Gasteiger partial charge on any atom is 0.248 e. The summed E-state index contributed by atoms with van der Waals surface area (Å²) in [6.07, 6.45) is 0. The molecule has 0 spiro atoms. The van der Waals surface area contributed by atoms with Crippen LogP contribution in [0.4, 0.5) is 0 Å². The zero-order valence-electron chi connectivity index (χ0n) is 8.78. The number of rotatable bonds is 1. The number of fused-ring (bicyclic) bond motifs is 1. The van der Waals surface area contributed by atoms with E-state index < -0.39 is 9.55 Å². The number of nitriles is 1. The number of aromatic amines is 1. The summed E-state index contributed by atoms with van der Waals surface area (Å²) >= 11 is 16.6. The summed E-state index contributed by atoms with van der Waals surface area (Å²) < 4.78 is -2.07. The molecule has 0 aliphatic rings. The highest BCUT2D eigenvalue weighted by atomic mass is 35.6. The van der Waals surface area contributed by atoms with Crippen molar-refractivity contribution in [2.45, 2.75) is 3.79 Å². The number of allylic oxidation sites excluding steroid dienone is 2. The van der Waals surface area contributed by atoms with E-state index in [0.29, 0.717) is 5.52 Å². The lowest BCUT2D eigenvalue weighted by Crippen LogP contribution is -2.09. The third kappa shape index (κ3) is 2.39. The zero-order valence-corrected chi connectivity index (χ0v) is 11.1. The molecule has 0 aliphatic heterocycles. The van der Waals surface area contributed by atoms with Gasteiger partial charge in [-0.15, -0.1) is 0 Å². The summed E-state index contributed by atoms with van der Waals surface area (Å²) in [5.74, 6) is -0.503. The number of hydrogen-bond donors (Lipinski definition) is 2. The number of alkyl halides is 3. The van der Waals surface area contributed by atoms with Crippen LogP contribution in [0.1, 0.15) is 5.82 Å². The largest absolute Gasteiger partial charge is 0.506 e. The molecule has 0 amide bonds. The number of nitrogens with one attached hydrogen (secondary N) is 1. The Hall–Kier alpha value is -1.41. The van der Waals surface area contributed by atoms with Crippen LogP contribution in [-0.2, 0) is 0 Å². The minimum absolute atomic E-state index is 0.155. The number of H-pyrrole nitrogens is 1. The fraction of sp³-hybridized carbons (Fsp3) is 0.0909. The van der Waals surface area contributed by atoms with Crippen LogP contribution in [0.25, 0.3) is 16.6 Å². The molecule has 2 rings (SSSR count). The molecule has 0 atom stereocenters. The van der Waals surface area contributed by atoms with Crippen molar-refractivity contribution in [1.82, 2.24) is 9.97 Å². The van der Waals surface area contributed by atoms with Gasteiger partial charge in [0.15, 0.2) is 11.6 Å². The predicted molar refractivity (Wildman–Crippen MR) is 71.5 cm³/mol. The third-order valence-corrected chi connectivity index (χ3v) is 2.78. The second kappa shape index (κ2) is 4.69. The highest BCUT2D eigenvalue weighted by molar-refractivity contribution is 6.69. The number of aromatic nitrogens is 2. The monoisotopic (exact) mass is 301 g/mol. The maximum atomic E-state index is 9.73. The minimum Gasteiger partial charge on any atom is -0.506 e. The van der Waals surface area contributed by atoms with Crippen molar-refractivity contribution in [3.05, 3.63) is 35.8 Å². The van der Waals surface area contributed by atoms with E-state index in [1.807, 2.05) is 6.07 Å². The zero-order chi connectivity index (χ0) is 13.3. The van der Waals surface area contributed by atoms with Gasteiger partial charge in [-0.1, -0.05) is 46.9 Å². The molecule has 0 radical (unpaired) electrons. The van der Waals surface area contributed by atoms with Gasteiger partial charge in [0.2, 0.25) is 3.79 Å². The van der Waals surface area contributed by atoms with E-state index in [1.54, 1.807) is 24.3 Å². The van der Waals surface area contributed by atoms with E-state index in [-0.39, 0.29) is 11.4 Å². The molecule has 0 aliphatic carbocycles. The molecule has 1 aromatic heterocycles. The van der Waals surface area contributed by atoms with Crippen LogP contribution in [0.15, 0.2) is 30.0 Å². The lowest BCUT2D eigenvalue weighted by Gasteiger charge is -2.10. The normalized spacial score (nSPS) is 13.2. The van der Waals surface area contributed by atoms with E-state index in [4.69, 9.17) is 40.1 Å². The summed E-state index contributed by atoms with van der Waals surface area (Å²) in [5, 5.41) is 18.8. The first kappa shape index (κ1) is 13.0. The first-order valence-electron chi connectivity index (χ1n) is 4.79. The van der Waals surface area contributed by atoms with E-state index in [0.717, 1.165) is 5.52 Å². The van der Waals surface area contributed by atoms with Gasteiger partial charge < -0.3 is 10.1 Å². The second-order valence-corrected chi connectivity index (χ2v) is 5.72. The average molecular weight is 303 g/mol. The highest BCUT2D eigenvalue weighted by Crippen LogP contribution is 2.36. The van der Waals surface area contributed by atoms with Gasteiger partial charge in [-0.05, 0) is 12.1 Å². The summed E-state index contributed by atoms with van der Waals surface area (Å²) in [7, 11) is 0. The quantitative estimate of drug-likeness (QED) is 0.479. The molecule has 2 aromatic rings. The summed E-state index contributed by atoms with van der Waals surface area (Å²) in [6.45, 7) is 0. The number of imidazole rings is 1. The Labute approximate surface area is 117 Å². The second-order valence-electron chi connectivity index (χ2n) is 3.44. The molecule has 7 heteroatoms. The third-order valence-electron chi connectivity index (χ3n) is 2.24. The molecule has 0 saturated heterocycles. The van der Waals surface area contributed by atoms with Gasteiger partial charge in [-0.3, -0.25) is 0 Å². The molecule has 92 valence electrons. The fourth-order valence-corrected chi connectivity index (χ4v) is 1.71. The molecule has 1 heterocycles. The van der Waals surface area contributed by atoms with Crippen LogP contribution in [0.5, 0.6) is 0 Å². The van der Waals surface area contributed by atoms with Gasteiger partial charge >= 0.3 is 0 Å². The van der Waals surface area contributed by atoms with Crippen molar-refractivity contribution in [3.63, 3.8) is 0 Å². The van der Waals surface area contributed by atoms with Crippen LogP contribution < -0.4 is 0 Å². The maximum absolute atomic E-state index is 9.73. The molecule has 0 saturated carbocycles. The summed E-state index contributed by atoms with van der Waals surface area (Å²) in [6, 6.07) is 8.93. The molecular formula is C11H6Cl3N3O. The molecule has 0 bridgehead atoms. The van der Waals surface area contributed by atoms with E-state index in [2.05, 4.69) is 9.97 Å². The molecule has 0 fully saturated rings. The first-order chi connectivity index (χ1) is 8.43. The number of hydrogen-bond acceptors (Lipinski definition) is 3. The number of benzene rings is 1. The van der Waals surface area contributed by atoms with Crippen LogP contribution in [0.2, 0.25) is 0 Å². The molecule has 1 aromatic carbocycles. The number of aliphatic hydroxyl groups excluding tert-OH is 1. The lowest BCUT2D eigenvalue weighted by atomic mass is 10.2. The first-order valence-corrected chi connectivity index (χ1v) is 5.92. The van der Waals surface area contributed by atoms with Crippen LogP contribution in [0.3, 0.4) is 0 Å². The average Bonchev–Trinajstić information content (AvgIpc) is 2.71. The molecule has 18 heavy (non-hydrogen) atoms. The van der Waals surface area contributed by atoms with Gasteiger partial charge in [0, 0.05) is 0 Å². The molecule has 0 unspecified atom stereocenters. The van der Waals surface area contributed by atoms with E-state index >= 15 is 0 Å². The highest BCUT2D eigenvalue weighted by Gasteiger charge is 2.31. The predicted octanol–water partition coefficient (Wildman–Crippen LogP) is 3.73. The Morgan fingerprint density at radius 1 is 1.33 bits per heavy atom. The van der Waals surface area contributed by atoms with Crippen LogP contribution >= 0.6 is 34.8 Å². The van der Waals surface area contributed by atoms with Gasteiger partial charge in [-0.25, -0.2) is 4.98 Å². The van der Waals surface area contributed by atoms with Crippen molar-refractivity contribution in [3.8, 4) is 6.07 Å². The number of aliphatic hydroxyl groups is 1. The molecular weight excluding hydrogens is 297 g/mol. The van der Waals surface area contributed by atoms with Gasteiger partial charge in [0.1, 0.15) is 11.6 Å². The van der Waals surface area contributed by atoms with Crippen molar-refractivity contribution in [1.29, 1.82) is 5.26 Å². The number of nitrogens with zero attached hydrogens (tertiary/aromatic N) is 2. The van der Waals surface area contributed by atoms with E-state index in [1.165, 1.54) is 0 Å². The van der Waals surface area contributed by atoms with Gasteiger partial charge in [0.05, 0.1) is 11.0 Å². The Bertz CT molecular complexity index is 631. The van der Waals surface area contributed by atoms with Gasteiger partial charge in [0.25, 0.3) is 0 Å².